The summed E-state index contributed by atoms with van der Waals surface area (Å²) in [6.07, 6.45) is 3.67. The first-order valence-corrected chi connectivity index (χ1v) is 8.69. The Kier molecular flexibility index (Phi) is 5.22. The lowest BCUT2D eigenvalue weighted by molar-refractivity contribution is 0.0571. The summed E-state index contributed by atoms with van der Waals surface area (Å²) in [5, 5.41) is 17.7. The molecule has 1 aliphatic heterocycles. The molecule has 6 nitrogen and oxygen atoms in total. The third-order valence-corrected chi connectivity index (χ3v) is 4.61. The van der Waals surface area contributed by atoms with E-state index in [0.29, 0.717) is 13.1 Å². The van der Waals surface area contributed by atoms with Gasteiger partial charge in [-0.15, -0.1) is 0 Å². The van der Waals surface area contributed by atoms with Crippen LogP contribution in [0.1, 0.15) is 18.1 Å². The SMILES string of the molecule is CC(O)(CNCc1cnc(N2CCOCC2)nc1)c1ccsc1. The fourth-order valence-electron chi connectivity index (χ4n) is 2.49. The molecule has 0 radical (unpaired) electrons. The summed E-state index contributed by atoms with van der Waals surface area (Å²) < 4.78 is 5.33. The summed E-state index contributed by atoms with van der Waals surface area (Å²) in [7, 11) is 0. The van der Waals surface area contributed by atoms with Crippen molar-refractivity contribution in [3.8, 4) is 0 Å². The van der Waals surface area contributed by atoms with Crippen molar-refractivity contribution in [1.82, 2.24) is 15.3 Å². The van der Waals surface area contributed by atoms with Crippen LogP contribution in [0.5, 0.6) is 0 Å². The van der Waals surface area contributed by atoms with E-state index < -0.39 is 5.60 Å². The van der Waals surface area contributed by atoms with E-state index in [1.165, 1.54) is 0 Å². The Morgan fingerprint density at radius 3 is 2.74 bits per heavy atom. The molecule has 0 bridgehead atoms. The fourth-order valence-corrected chi connectivity index (χ4v) is 3.27. The Morgan fingerprint density at radius 2 is 2.09 bits per heavy atom. The first kappa shape index (κ1) is 16.3. The smallest absolute Gasteiger partial charge is 0.225 e. The van der Waals surface area contributed by atoms with E-state index in [1.807, 2.05) is 36.1 Å². The zero-order valence-corrected chi connectivity index (χ0v) is 14.1. The predicted molar refractivity (Wildman–Crippen MR) is 90.7 cm³/mol. The Labute approximate surface area is 140 Å². The van der Waals surface area contributed by atoms with Crippen LogP contribution in [0, 0.1) is 0 Å². The van der Waals surface area contributed by atoms with Gasteiger partial charge in [-0.05, 0) is 29.3 Å². The number of rotatable bonds is 6. The number of aliphatic hydroxyl groups is 1. The van der Waals surface area contributed by atoms with Crippen LogP contribution in [0.4, 0.5) is 5.95 Å². The molecule has 2 N–H and O–H groups in total. The largest absolute Gasteiger partial charge is 0.384 e. The third kappa shape index (κ3) is 4.26. The number of hydrogen-bond acceptors (Lipinski definition) is 7. The van der Waals surface area contributed by atoms with Gasteiger partial charge in [-0.25, -0.2) is 9.97 Å². The van der Waals surface area contributed by atoms with Crippen molar-refractivity contribution in [3.63, 3.8) is 0 Å². The highest BCUT2D eigenvalue weighted by atomic mass is 32.1. The maximum atomic E-state index is 10.5. The monoisotopic (exact) mass is 334 g/mol. The van der Waals surface area contributed by atoms with Gasteiger partial charge >= 0.3 is 0 Å². The molecule has 2 aromatic rings. The number of aromatic nitrogens is 2. The van der Waals surface area contributed by atoms with Crippen molar-refractivity contribution in [2.75, 3.05) is 37.7 Å². The molecule has 2 aromatic heterocycles. The van der Waals surface area contributed by atoms with Crippen LogP contribution in [0.25, 0.3) is 0 Å². The van der Waals surface area contributed by atoms with Crippen LogP contribution in [0.2, 0.25) is 0 Å². The number of morpholine rings is 1. The highest BCUT2D eigenvalue weighted by Gasteiger charge is 2.22. The van der Waals surface area contributed by atoms with Crippen LogP contribution in [-0.2, 0) is 16.9 Å². The maximum absolute atomic E-state index is 10.5. The molecular formula is C16H22N4O2S. The van der Waals surface area contributed by atoms with Gasteiger partial charge in [-0.3, -0.25) is 0 Å². The summed E-state index contributed by atoms with van der Waals surface area (Å²) in [5.74, 6) is 0.752. The quantitative estimate of drug-likeness (QED) is 0.831. The predicted octanol–water partition coefficient (Wildman–Crippen LogP) is 1.37. The summed E-state index contributed by atoms with van der Waals surface area (Å²) in [6, 6.07) is 1.95. The molecule has 1 unspecified atom stereocenters. The van der Waals surface area contributed by atoms with Crippen LogP contribution >= 0.6 is 11.3 Å². The minimum absolute atomic E-state index is 0.481. The first-order valence-electron chi connectivity index (χ1n) is 7.74. The van der Waals surface area contributed by atoms with Crippen molar-refractivity contribution in [1.29, 1.82) is 0 Å². The van der Waals surface area contributed by atoms with Gasteiger partial charge in [-0.1, -0.05) is 0 Å². The highest BCUT2D eigenvalue weighted by Crippen LogP contribution is 2.22. The average Bonchev–Trinajstić information content (AvgIpc) is 3.12. The number of ether oxygens (including phenoxy) is 1. The van der Waals surface area contributed by atoms with Crippen LogP contribution in [0.3, 0.4) is 0 Å². The number of hydrogen-bond donors (Lipinski definition) is 2. The minimum Gasteiger partial charge on any atom is -0.384 e. The molecule has 3 rings (SSSR count). The van der Waals surface area contributed by atoms with Crippen LogP contribution in [0.15, 0.2) is 29.2 Å². The maximum Gasteiger partial charge on any atom is 0.225 e. The van der Waals surface area contributed by atoms with E-state index in [2.05, 4.69) is 20.2 Å². The van der Waals surface area contributed by atoms with Gasteiger partial charge in [-0.2, -0.15) is 11.3 Å². The summed E-state index contributed by atoms with van der Waals surface area (Å²) in [5.41, 5.74) is 1.08. The van der Waals surface area contributed by atoms with Gasteiger partial charge in [0.1, 0.15) is 0 Å². The molecule has 1 fully saturated rings. The second-order valence-electron chi connectivity index (χ2n) is 5.88. The molecule has 3 heterocycles. The lowest BCUT2D eigenvalue weighted by Crippen LogP contribution is -2.37. The van der Waals surface area contributed by atoms with Gasteiger partial charge in [0.2, 0.25) is 5.95 Å². The van der Waals surface area contributed by atoms with E-state index in [0.717, 1.165) is 43.4 Å². The molecule has 1 aliphatic rings. The summed E-state index contributed by atoms with van der Waals surface area (Å²) >= 11 is 1.59. The minimum atomic E-state index is -0.866. The van der Waals surface area contributed by atoms with Gasteiger partial charge in [0.05, 0.1) is 18.8 Å². The highest BCUT2D eigenvalue weighted by molar-refractivity contribution is 7.08. The summed E-state index contributed by atoms with van der Waals surface area (Å²) in [6.45, 7) is 6.05. The topological polar surface area (TPSA) is 70.5 Å². The molecule has 1 atom stereocenters. The Hall–Kier alpha value is -1.54. The zero-order chi connectivity index (χ0) is 16.1. The molecule has 0 aromatic carbocycles. The number of nitrogens with one attached hydrogen (secondary N) is 1. The van der Waals surface area contributed by atoms with Crippen molar-refractivity contribution in [3.05, 3.63) is 40.3 Å². The number of nitrogens with zero attached hydrogens (tertiary/aromatic N) is 3. The average molecular weight is 334 g/mol. The van der Waals surface area contributed by atoms with E-state index >= 15 is 0 Å². The second-order valence-corrected chi connectivity index (χ2v) is 6.66. The van der Waals surface area contributed by atoms with Gasteiger partial charge in [0.15, 0.2) is 0 Å². The van der Waals surface area contributed by atoms with E-state index in [-0.39, 0.29) is 0 Å². The molecule has 0 aliphatic carbocycles. The lowest BCUT2D eigenvalue weighted by atomic mass is 9.99. The number of anilines is 1. The molecule has 0 spiro atoms. The molecular weight excluding hydrogens is 312 g/mol. The normalized spacial score (nSPS) is 17.9. The van der Waals surface area contributed by atoms with Gasteiger partial charge in [0.25, 0.3) is 0 Å². The zero-order valence-electron chi connectivity index (χ0n) is 13.2. The second kappa shape index (κ2) is 7.35. The van der Waals surface area contributed by atoms with Crippen molar-refractivity contribution >= 4 is 17.3 Å². The standard InChI is InChI=1S/C16H22N4O2S/c1-16(21,14-2-7-23-11-14)12-17-8-13-9-18-15(19-10-13)20-3-5-22-6-4-20/h2,7,9-11,17,21H,3-6,8,12H2,1H3. The molecule has 124 valence electrons. The van der Waals surface area contributed by atoms with E-state index in [1.54, 1.807) is 11.3 Å². The molecule has 23 heavy (non-hydrogen) atoms. The molecule has 1 saturated heterocycles. The van der Waals surface area contributed by atoms with E-state index in [4.69, 9.17) is 4.74 Å². The van der Waals surface area contributed by atoms with Gasteiger partial charge < -0.3 is 20.1 Å². The van der Waals surface area contributed by atoms with Crippen LogP contribution < -0.4 is 10.2 Å². The lowest BCUT2D eigenvalue weighted by Gasteiger charge is -2.26. The molecule has 0 saturated carbocycles. The summed E-state index contributed by atoms with van der Waals surface area (Å²) in [4.78, 5) is 11.0. The van der Waals surface area contributed by atoms with Crippen molar-refractivity contribution in [2.24, 2.45) is 0 Å². The van der Waals surface area contributed by atoms with Crippen molar-refractivity contribution in [2.45, 2.75) is 19.1 Å². The Bertz CT molecular complexity index is 595. The molecule has 7 heteroatoms. The van der Waals surface area contributed by atoms with Gasteiger partial charge in [0, 0.05) is 44.1 Å². The van der Waals surface area contributed by atoms with Crippen molar-refractivity contribution < 1.29 is 9.84 Å². The third-order valence-electron chi connectivity index (χ3n) is 3.93. The van der Waals surface area contributed by atoms with E-state index in [9.17, 15) is 5.11 Å². The Balaban J connectivity index is 1.50. The Morgan fingerprint density at radius 1 is 1.35 bits per heavy atom. The molecule has 0 amide bonds. The number of thiophene rings is 1. The first-order chi connectivity index (χ1) is 11.1. The van der Waals surface area contributed by atoms with Crippen LogP contribution in [-0.4, -0.2) is 47.9 Å². The fraction of sp³-hybridized carbons (Fsp3) is 0.500.